The molecule has 0 fully saturated rings. The van der Waals surface area contributed by atoms with Crippen LogP contribution in [0.15, 0.2) is 41.6 Å². The zero-order valence-electron chi connectivity index (χ0n) is 11.9. The van der Waals surface area contributed by atoms with Crippen molar-refractivity contribution < 1.29 is 4.84 Å². The molecule has 0 aliphatic heterocycles. The number of rotatable bonds is 5. The third kappa shape index (κ3) is 3.22. The lowest BCUT2D eigenvalue weighted by Gasteiger charge is -2.10. The lowest BCUT2D eigenvalue weighted by atomic mass is 10.0. The molecule has 4 nitrogen and oxygen atoms in total. The summed E-state index contributed by atoms with van der Waals surface area (Å²) in [6.07, 6.45) is 0.827. The molecule has 0 atom stereocenters. The molecular weight excluding hydrogens is 252 g/mol. The maximum Gasteiger partial charge on any atom is 0.110 e. The summed E-state index contributed by atoms with van der Waals surface area (Å²) in [6.45, 7) is 3.94. The number of anilines is 1. The van der Waals surface area contributed by atoms with E-state index in [9.17, 15) is 4.91 Å². The van der Waals surface area contributed by atoms with E-state index >= 15 is 0 Å². The van der Waals surface area contributed by atoms with Crippen LogP contribution in [0, 0.1) is 18.8 Å². The van der Waals surface area contributed by atoms with E-state index in [1.165, 1.54) is 11.1 Å². The molecular formula is C16H18N2O2. The highest BCUT2D eigenvalue weighted by atomic mass is 16.6. The molecule has 0 bridgehead atoms. The van der Waals surface area contributed by atoms with Gasteiger partial charge in [-0.1, -0.05) is 24.3 Å². The Kier molecular flexibility index (Phi) is 4.48. The molecule has 0 aromatic heterocycles. The molecule has 0 aliphatic carbocycles. The van der Waals surface area contributed by atoms with Crippen molar-refractivity contribution in [1.29, 1.82) is 0 Å². The van der Waals surface area contributed by atoms with Crippen LogP contribution in [-0.4, -0.2) is 7.11 Å². The monoisotopic (exact) mass is 270 g/mol. The van der Waals surface area contributed by atoms with Crippen molar-refractivity contribution >= 4 is 11.4 Å². The third-order valence-electron chi connectivity index (χ3n) is 3.27. The largest absolute Gasteiger partial charge is 0.279 e. The van der Waals surface area contributed by atoms with Crippen molar-refractivity contribution in [3.05, 3.63) is 63.6 Å². The Labute approximate surface area is 118 Å². The minimum absolute atomic E-state index is 0.504. The van der Waals surface area contributed by atoms with E-state index in [2.05, 4.69) is 22.8 Å². The predicted octanol–water partition coefficient (Wildman–Crippen LogP) is 4.27. The summed E-state index contributed by atoms with van der Waals surface area (Å²) in [5.41, 5.74) is 8.74. The topological polar surface area (TPSA) is 50.7 Å². The summed E-state index contributed by atoms with van der Waals surface area (Å²) in [5.74, 6) is 0. The van der Waals surface area contributed by atoms with Gasteiger partial charge in [0.15, 0.2) is 0 Å². The zero-order chi connectivity index (χ0) is 14.5. The lowest BCUT2D eigenvalue weighted by molar-refractivity contribution is 0.270. The fourth-order valence-electron chi connectivity index (χ4n) is 2.23. The predicted molar refractivity (Wildman–Crippen MR) is 81.3 cm³/mol. The zero-order valence-corrected chi connectivity index (χ0v) is 11.9. The van der Waals surface area contributed by atoms with Gasteiger partial charge < -0.3 is 0 Å². The second-order valence-corrected chi connectivity index (χ2v) is 4.84. The van der Waals surface area contributed by atoms with Gasteiger partial charge in [0.05, 0.1) is 12.8 Å². The van der Waals surface area contributed by atoms with Gasteiger partial charge in [0.2, 0.25) is 0 Å². The van der Waals surface area contributed by atoms with Crippen molar-refractivity contribution in [1.82, 2.24) is 0 Å². The highest BCUT2D eigenvalue weighted by Crippen LogP contribution is 2.22. The maximum atomic E-state index is 10.6. The third-order valence-corrected chi connectivity index (χ3v) is 3.27. The maximum absolute atomic E-state index is 10.6. The van der Waals surface area contributed by atoms with E-state index in [1.807, 2.05) is 32.0 Å². The van der Waals surface area contributed by atoms with E-state index in [1.54, 1.807) is 13.2 Å². The molecule has 0 heterocycles. The van der Waals surface area contributed by atoms with Gasteiger partial charge in [-0.15, -0.1) is 4.91 Å². The molecule has 0 saturated heterocycles. The second kappa shape index (κ2) is 6.30. The Bertz CT molecular complexity index is 624. The fourth-order valence-corrected chi connectivity index (χ4v) is 2.23. The number of hydrogen-bond donors (Lipinski definition) is 1. The summed E-state index contributed by atoms with van der Waals surface area (Å²) >= 11 is 0. The van der Waals surface area contributed by atoms with E-state index in [-0.39, 0.29) is 0 Å². The molecule has 2 rings (SSSR count). The molecule has 2 aromatic carbocycles. The van der Waals surface area contributed by atoms with E-state index < -0.39 is 0 Å². The molecule has 104 valence electrons. The van der Waals surface area contributed by atoms with Crippen LogP contribution in [0.1, 0.15) is 22.3 Å². The van der Waals surface area contributed by atoms with Crippen LogP contribution < -0.4 is 5.48 Å². The Morgan fingerprint density at radius 2 is 1.70 bits per heavy atom. The number of benzene rings is 2. The first-order valence-electron chi connectivity index (χ1n) is 6.45. The summed E-state index contributed by atoms with van der Waals surface area (Å²) < 4.78 is 0. The van der Waals surface area contributed by atoms with Crippen molar-refractivity contribution in [2.45, 2.75) is 20.3 Å². The Balaban J connectivity index is 2.19. The highest BCUT2D eigenvalue weighted by Gasteiger charge is 2.04. The average molecular weight is 270 g/mol. The number of aryl methyl sites for hydroxylation is 2. The molecule has 0 aliphatic rings. The van der Waals surface area contributed by atoms with Crippen molar-refractivity contribution in [2.75, 3.05) is 12.6 Å². The minimum Gasteiger partial charge on any atom is -0.279 e. The first kappa shape index (κ1) is 14.2. The number of hydrogen-bond acceptors (Lipinski definition) is 4. The quantitative estimate of drug-likeness (QED) is 0.652. The van der Waals surface area contributed by atoms with Crippen LogP contribution in [-0.2, 0) is 11.3 Å². The van der Waals surface area contributed by atoms with Crippen molar-refractivity contribution in [2.24, 2.45) is 5.18 Å². The van der Waals surface area contributed by atoms with Gasteiger partial charge in [-0.05, 0) is 59.8 Å². The van der Waals surface area contributed by atoms with E-state index in [0.717, 1.165) is 23.2 Å². The van der Waals surface area contributed by atoms with Crippen LogP contribution in [0.4, 0.5) is 11.4 Å². The van der Waals surface area contributed by atoms with Crippen LogP contribution in [0.3, 0.4) is 0 Å². The van der Waals surface area contributed by atoms with Gasteiger partial charge in [0.25, 0.3) is 0 Å². The van der Waals surface area contributed by atoms with E-state index in [4.69, 9.17) is 4.84 Å². The van der Waals surface area contributed by atoms with Gasteiger partial charge in [0.1, 0.15) is 5.69 Å². The molecule has 0 radical (unpaired) electrons. The lowest BCUT2D eigenvalue weighted by Crippen LogP contribution is -1.99. The second-order valence-electron chi connectivity index (χ2n) is 4.84. The molecule has 0 saturated carbocycles. The van der Waals surface area contributed by atoms with Crippen LogP contribution in [0.2, 0.25) is 0 Å². The minimum atomic E-state index is 0.504. The normalized spacial score (nSPS) is 10.3. The summed E-state index contributed by atoms with van der Waals surface area (Å²) in [7, 11) is 1.60. The molecule has 2 aromatic rings. The Morgan fingerprint density at radius 1 is 1.05 bits per heavy atom. The van der Waals surface area contributed by atoms with Gasteiger partial charge >= 0.3 is 0 Å². The Hall–Kier alpha value is -2.20. The molecule has 0 spiro atoms. The summed E-state index contributed by atoms with van der Waals surface area (Å²) in [5, 5.41) is 2.99. The molecule has 20 heavy (non-hydrogen) atoms. The first-order chi connectivity index (χ1) is 9.63. The number of nitrogens with one attached hydrogen (secondary N) is 1. The molecule has 0 unspecified atom stereocenters. The highest BCUT2D eigenvalue weighted by molar-refractivity contribution is 5.52. The number of nitroso groups, excluding NO2 is 1. The van der Waals surface area contributed by atoms with Gasteiger partial charge in [-0.25, -0.2) is 0 Å². The van der Waals surface area contributed by atoms with E-state index in [0.29, 0.717) is 5.69 Å². The summed E-state index contributed by atoms with van der Waals surface area (Å²) in [4.78, 5) is 15.5. The average Bonchev–Trinajstić information content (AvgIpc) is 2.42. The molecule has 1 N–H and O–H groups in total. The van der Waals surface area contributed by atoms with Crippen LogP contribution in [0.5, 0.6) is 0 Å². The first-order valence-corrected chi connectivity index (χ1v) is 6.45. The standard InChI is InChI=1S/C16H18N2O2/c1-11-8-13(4-6-15(11)17-19)10-14-5-7-16(18-20-3)12(2)9-14/h4-9,18H,10H2,1-3H3. The van der Waals surface area contributed by atoms with Crippen LogP contribution in [0.25, 0.3) is 0 Å². The van der Waals surface area contributed by atoms with Crippen LogP contribution >= 0.6 is 0 Å². The van der Waals surface area contributed by atoms with Gasteiger partial charge in [-0.3, -0.25) is 10.3 Å². The van der Waals surface area contributed by atoms with Crippen molar-refractivity contribution in [3.63, 3.8) is 0 Å². The summed E-state index contributed by atoms with van der Waals surface area (Å²) in [6, 6.07) is 11.9. The van der Waals surface area contributed by atoms with Crippen molar-refractivity contribution in [3.8, 4) is 0 Å². The number of nitrogens with zero attached hydrogens (tertiary/aromatic N) is 1. The van der Waals surface area contributed by atoms with Gasteiger partial charge in [0, 0.05) is 0 Å². The Morgan fingerprint density at radius 3 is 2.25 bits per heavy atom. The smallest absolute Gasteiger partial charge is 0.110 e. The van der Waals surface area contributed by atoms with Gasteiger partial charge in [-0.2, -0.15) is 0 Å². The molecule has 0 amide bonds. The fraction of sp³-hybridized carbons (Fsp3) is 0.250. The molecule has 4 heteroatoms. The SMILES string of the molecule is CONc1ccc(Cc2ccc(N=O)c(C)c2)cc1C.